The summed E-state index contributed by atoms with van der Waals surface area (Å²) in [6, 6.07) is 8.20. The minimum absolute atomic E-state index is 0.257. The van der Waals surface area contributed by atoms with Crippen molar-refractivity contribution >= 4 is 0 Å². The molecule has 20 heavy (non-hydrogen) atoms. The van der Waals surface area contributed by atoms with Gasteiger partial charge in [0.05, 0.1) is 13.2 Å². The Bertz CT molecular complexity index is 578. The molecule has 106 valence electrons. The van der Waals surface area contributed by atoms with Crippen LogP contribution >= 0.6 is 0 Å². The van der Waals surface area contributed by atoms with Crippen LogP contribution in [0.4, 0.5) is 0 Å². The molecule has 4 heteroatoms. The molecule has 1 N–H and O–H groups in total. The van der Waals surface area contributed by atoms with E-state index in [2.05, 4.69) is 24.5 Å². The number of rotatable bonds is 5. The molecule has 1 aliphatic rings. The molecule has 0 bridgehead atoms. The van der Waals surface area contributed by atoms with E-state index in [1.807, 2.05) is 36.1 Å². The lowest BCUT2D eigenvalue weighted by molar-refractivity contribution is 0.254. The van der Waals surface area contributed by atoms with Gasteiger partial charge in [0.2, 0.25) is 0 Å². The Hall–Kier alpha value is -2.10. The molecule has 0 spiro atoms. The van der Waals surface area contributed by atoms with E-state index in [1.54, 1.807) is 0 Å². The first-order valence-corrected chi connectivity index (χ1v) is 7.08. The van der Waals surface area contributed by atoms with Gasteiger partial charge >= 0.3 is 0 Å². The topological polar surface area (TPSA) is 35.4 Å². The van der Waals surface area contributed by atoms with Crippen molar-refractivity contribution in [2.75, 3.05) is 12.0 Å². The highest BCUT2D eigenvalue weighted by molar-refractivity contribution is 5.49. The number of nitrogens with one attached hydrogen (secondary N) is 1. The van der Waals surface area contributed by atoms with Crippen molar-refractivity contribution in [1.29, 1.82) is 0 Å². The van der Waals surface area contributed by atoms with Gasteiger partial charge in [-0.15, -0.1) is 0 Å². The van der Waals surface area contributed by atoms with E-state index in [0.717, 1.165) is 23.5 Å². The van der Waals surface area contributed by atoms with Crippen LogP contribution in [0.3, 0.4) is 0 Å². The minimum Gasteiger partial charge on any atom is -0.494 e. The van der Waals surface area contributed by atoms with Gasteiger partial charge in [-0.1, -0.05) is 0 Å². The van der Waals surface area contributed by atoms with E-state index in [-0.39, 0.29) is 6.10 Å². The number of hydrogen-bond acceptors (Lipinski definition) is 3. The van der Waals surface area contributed by atoms with Gasteiger partial charge in [-0.05, 0) is 38.1 Å². The largest absolute Gasteiger partial charge is 0.494 e. The molecule has 2 heterocycles. The number of nitrogens with zero attached hydrogens (tertiary/aromatic N) is 1. The molecular formula is C16H20N2O2. The Kier molecular flexibility index (Phi) is 3.54. The van der Waals surface area contributed by atoms with Crippen LogP contribution in [0.5, 0.6) is 11.5 Å². The van der Waals surface area contributed by atoms with E-state index >= 15 is 0 Å². The summed E-state index contributed by atoms with van der Waals surface area (Å²) in [7, 11) is 0. The maximum Gasteiger partial charge on any atom is 0.124 e. The lowest BCUT2D eigenvalue weighted by atomic mass is 10.1. The first kappa shape index (κ1) is 12.9. The Morgan fingerprint density at radius 1 is 1.35 bits per heavy atom. The second-order valence-electron chi connectivity index (χ2n) is 5.06. The fourth-order valence-electron chi connectivity index (χ4n) is 2.53. The molecule has 0 saturated heterocycles. The molecular weight excluding hydrogens is 252 g/mol. The van der Waals surface area contributed by atoms with Crippen molar-refractivity contribution < 1.29 is 9.47 Å². The maximum absolute atomic E-state index is 5.83. The summed E-state index contributed by atoms with van der Waals surface area (Å²) in [5.74, 6) is 1.94. The van der Waals surface area contributed by atoms with Crippen molar-refractivity contribution in [3.8, 4) is 11.5 Å². The van der Waals surface area contributed by atoms with Gasteiger partial charge in [-0.3, -0.25) is 4.68 Å². The Morgan fingerprint density at radius 2 is 2.15 bits per heavy atom. The van der Waals surface area contributed by atoms with Crippen LogP contribution in [0, 0.1) is 0 Å². The Labute approximate surface area is 119 Å². The van der Waals surface area contributed by atoms with Crippen molar-refractivity contribution in [2.24, 2.45) is 0 Å². The number of ether oxygens (including phenoxy) is 2. The first-order valence-electron chi connectivity index (χ1n) is 7.08. The smallest absolute Gasteiger partial charge is 0.124 e. The second kappa shape index (κ2) is 5.49. The molecule has 4 nitrogen and oxygen atoms in total. The van der Waals surface area contributed by atoms with E-state index in [0.29, 0.717) is 13.2 Å². The molecule has 0 fully saturated rings. The quantitative estimate of drug-likeness (QED) is 0.909. The number of hydrogen-bond donors (Lipinski definition) is 1. The lowest BCUT2D eigenvalue weighted by Crippen LogP contribution is -2.13. The van der Waals surface area contributed by atoms with E-state index in [1.165, 1.54) is 5.56 Å². The average Bonchev–Trinajstić information content (AvgIpc) is 3.04. The number of aromatic nitrogens is 1. The summed E-state index contributed by atoms with van der Waals surface area (Å²) in [5.41, 5.74) is 5.68. The highest BCUT2D eigenvalue weighted by atomic mass is 16.5. The number of benzene rings is 1. The first-order chi connectivity index (χ1) is 9.76. The predicted molar refractivity (Wildman–Crippen MR) is 78.9 cm³/mol. The maximum atomic E-state index is 5.83. The van der Waals surface area contributed by atoms with Crippen molar-refractivity contribution in [3.63, 3.8) is 0 Å². The molecule has 0 radical (unpaired) electrons. The summed E-state index contributed by atoms with van der Waals surface area (Å²) in [6.07, 6.45) is 5.17. The molecule has 0 amide bonds. The zero-order chi connectivity index (χ0) is 13.9. The third-order valence-electron chi connectivity index (χ3n) is 3.44. The fraction of sp³-hybridized carbons (Fsp3) is 0.375. The summed E-state index contributed by atoms with van der Waals surface area (Å²) < 4.78 is 13.5. The summed E-state index contributed by atoms with van der Waals surface area (Å²) in [5, 5.41) is 0. The molecule has 1 aromatic carbocycles. The van der Waals surface area contributed by atoms with Crippen LogP contribution in [0.15, 0.2) is 36.7 Å². The van der Waals surface area contributed by atoms with Crippen LogP contribution in [-0.4, -0.2) is 17.4 Å². The molecule has 3 rings (SSSR count). The molecule has 1 aromatic heterocycles. The van der Waals surface area contributed by atoms with Crippen LogP contribution in [0.25, 0.3) is 0 Å². The summed E-state index contributed by atoms with van der Waals surface area (Å²) >= 11 is 0. The van der Waals surface area contributed by atoms with Crippen molar-refractivity contribution in [3.05, 3.63) is 47.8 Å². The molecule has 0 saturated carbocycles. The van der Waals surface area contributed by atoms with Crippen LogP contribution in [0.1, 0.15) is 25.0 Å². The highest BCUT2D eigenvalue weighted by Crippen LogP contribution is 2.35. The van der Waals surface area contributed by atoms with Crippen LogP contribution in [0.2, 0.25) is 0 Å². The van der Waals surface area contributed by atoms with Gasteiger partial charge < -0.3 is 14.9 Å². The lowest BCUT2D eigenvalue weighted by Gasteiger charge is -2.14. The Balaban J connectivity index is 1.82. The standard InChI is InChI=1S/C16H20N2O2/c1-3-19-15-9-13-8-12(2)20-16(13)10-14(15)11-17-18-6-4-5-7-18/h4-7,9-10,12,17H,3,8,11H2,1-2H3. The van der Waals surface area contributed by atoms with E-state index in [9.17, 15) is 0 Å². The van der Waals surface area contributed by atoms with Crippen LogP contribution in [-0.2, 0) is 13.0 Å². The second-order valence-corrected chi connectivity index (χ2v) is 5.06. The van der Waals surface area contributed by atoms with Gasteiger partial charge in [-0.2, -0.15) is 0 Å². The minimum atomic E-state index is 0.257. The van der Waals surface area contributed by atoms with Crippen molar-refractivity contribution in [2.45, 2.75) is 32.9 Å². The zero-order valence-electron chi connectivity index (χ0n) is 11.9. The molecule has 1 unspecified atom stereocenters. The van der Waals surface area contributed by atoms with E-state index < -0.39 is 0 Å². The third kappa shape index (κ3) is 2.59. The van der Waals surface area contributed by atoms with Crippen molar-refractivity contribution in [1.82, 2.24) is 4.68 Å². The molecule has 0 aliphatic carbocycles. The number of fused-ring (bicyclic) bond motifs is 1. The SMILES string of the molecule is CCOc1cc2c(cc1CNn1cccc1)OC(C)C2. The highest BCUT2D eigenvalue weighted by Gasteiger charge is 2.21. The molecule has 1 aliphatic heterocycles. The molecule has 1 atom stereocenters. The van der Waals surface area contributed by atoms with Gasteiger partial charge in [0, 0.05) is 29.9 Å². The predicted octanol–water partition coefficient (Wildman–Crippen LogP) is 2.95. The Morgan fingerprint density at radius 3 is 2.90 bits per heavy atom. The third-order valence-corrected chi connectivity index (χ3v) is 3.44. The van der Waals surface area contributed by atoms with Gasteiger partial charge in [0.15, 0.2) is 0 Å². The average molecular weight is 272 g/mol. The normalized spacial score (nSPS) is 16.6. The monoisotopic (exact) mass is 272 g/mol. The summed E-state index contributed by atoms with van der Waals surface area (Å²) in [6.45, 7) is 5.48. The van der Waals surface area contributed by atoms with Gasteiger partial charge in [0.25, 0.3) is 0 Å². The van der Waals surface area contributed by atoms with Gasteiger partial charge in [0.1, 0.15) is 17.6 Å². The van der Waals surface area contributed by atoms with Gasteiger partial charge in [-0.25, -0.2) is 0 Å². The fourth-order valence-corrected chi connectivity index (χ4v) is 2.53. The summed E-state index contributed by atoms with van der Waals surface area (Å²) in [4.78, 5) is 0. The zero-order valence-corrected chi connectivity index (χ0v) is 11.9. The van der Waals surface area contributed by atoms with E-state index in [4.69, 9.17) is 9.47 Å². The van der Waals surface area contributed by atoms with Crippen LogP contribution < -0.4 is 14.9 Å². The molecule has 2 aromatic rings.